The summed E-state index contributed by atoms with van der Waals surface area (Å²) in [6.45, 7) is 6.00. The average molecular weight is 139 g/mol. The number of aromatic nitrogens is 2. The fourth-order valence-electron chi connectivity index (χ4n) is 0.385. The maximum absolute atomic E-state index is 10.3. The Morgan fingerprint density at radius 1 is 1.60 bits per heavy atom. The minimum Gasteiger partial charge on any atom is -0.369 e. The highest BCUT2D eigenvalue weighted by Gasteiger charge is 1.81. The van der Waals surface area contributed by atoms with E-state index in [-0.39, 0.29) is 11.5 Å². The van der Waals surface area contributed by atoms with E-state index < -0.39 is 0 Å². The van der Waals surface area contributed by atoms with Gasteiger partial charge >= 0.3 is 0 Å². The Bertz CT molecular complexity index is 243. The molecule has 54 valence electrons. The fraction of sp³-hybridized carbons (Fsp3) is 0. The molecule has 0 spiro atoms. The lowest BCUT2D eigenvalue weighted by atomic mass is 10.7. The Labute approximate surface area is 58.4 Å². The number of hydrogen-bond donors (Lipinski definition) is 2. The molecule has 4 nitrogen and oxygen atoms in total. The maximum atomic E-state index is 10.3. The van der Waals surface area contributed by atoms with Gasteiger partial charge in [-0.1, -0.05) is 0 Å². The first-order valence-electron chi connectivity index (χ1n) is 2.60. The highest BCUT2D eigenvalue weighted by atomic mass is 16.1. The quantitative estimate of drug-likeness (QED) is 0.503. The molecule has 10 heavy (non-hydrogen) atoms. The van der Waals surface area contributed by atoms with Gasteiger partial charge in [-0.2, -0.15) is 0 Å². The first kappa shape index (κ1) is 8.42. The van der Waals surface area contributed by atoms with E-state index in [0.29, 0.717) is 0 Å². The van der Waals surface area contributed by atoms with Gasteiger partial charge in [-0.05, 0) is 0 Å². The van der Waals surface area contributed by atoms with E-state index in [9.17, 15) is 4.79 Å². The third kappa shape index (κ3) is 2.66. The van der Waals surface area contributed by atoms with Crippen molar-refractivity contribution in [3.05, 3.63) is 35.8 Å². The molecule has 3 N–H and O–H groups in total. The Hall–Kier alpha value is -1.58. The third-order valence-electron chi connectivity index (χ3n) is 0.691. The van der Waals surface area contributed by atoms with Gasteiger partial charge in [0, 0.05) is 12.3 Å². The highest BCUT2D eigenvalue weighted by molar-refractivity contribution is 5.11. The van der Waals surface area contributed by atoms with E-state index in [0.717, 1.165) is 0 Å². The molecule has 0 aliphatic heterocycles. The molecular weight excluding hydrogens is 130 g/mol. The van der Waals surface area contributed by atoms with Crippen LogP contribution >= 0.6 is 0 Å². The van der Waals surface area contributed by atoms with Crippen molar-refractivity contribution in [2.45, 2.75) is 0 Å². The van der Waals surface area contributed by atoms with E-state index in [4.69, 9.17) is 5.73 Å². The van der Waals surface area contributed by atoms with Gasteiger partial charge in [0.2, 0.25) is 0 Å². The third-order valence-corrected chi connectivity index (χ3v) is 0.691. The summed E-state index contributed by atoms with van der Waals surface area (Å²) in [6, 6.07) is 1.30. The summed E-state index contributed by atoms with van der Waals surface area (Å²) in [6.07, 6.45) is 1.36. The van der Waals surface area contributed by atoms with Gasteiger partial charge in [0.15, 0.2) is 5.95 Å². The van der Waals surface area contributed by atoms with Crippen molar-refractivity contribution in [1.29, 1.82) is 0 Å². The minimum atomic E-state index is -0.225. The monoisotopic (exact) mass is 139 g/mol. The zero-order chi connectivity index (χ0) is 7.98. The molecule has 1 rings (SSSR count). The normalized spacial score (nSPS) is 7.60. The van der Waals surface area contributed by atoms with Crippen LogP contribution in [0.3, 0.4) is 0 Å². The van der Waals surface area contributed by atoms with E-state index in [1.54, 1.807) is 0 Å². The summed E-state index contributed by atoms with van der Waals surface area (Å²) in [7, 11) is 0. The second-order valence-corrected chi connectivity index (χ2v) is 1.32. The van der Waals surface area contributed by atoms with Crippen LogP contribution in [-0.4, -0.2) is 9.97 Å². The molecule has 1 aromatic heterocycles. The minimum absolute atomic E-state index is 0.150. The molecule has 4 heteroatoms. The van der Waals surface area contributed by atoms with Crippen molar-refractivity contribution in [1.82, 2.24) is 9.97 Å². The van der Waals surface area contributed by atoms with Crippen LogP contribution < -0.4 is 11.3 Å². The number of anilines is 1. The Kier molecular flexibility index (Phi) is 3.63. The summed E-state index contributed by atoms with van der Waals surface area (Å²) in [4.78, 5) is 16.2. The Morgan fingerprint density at radius 2 is 2.20 bits per heavy atom. The van der Waals surface area contributed by atoms with Gasteiger partial charge in [-0.25, -0.2) is 4.98 Å². The predicted molar refractivity (Wildman–Crippen MR) is 40.5 cm³/mol. The molecule has 1 heterocycles. The lowest BCUT2D eigenvalue weighted by Crippen LogP contribution is -2.07. The molecule has 0 radical (unpaired) electrons. The topological polar surface area (TPSA) is 71.8 Å². The molecule has 0 amide bonds. The number of nitrogen functional groups attached to an aromatic ring is 1. The summed E-state index contributed by atoms with van der Waals surface area (Å²) in [5.41, 5.74) is 4.87. The second-order valence-electron chi connectivity index (χ2n) is 1.32. The molecule has 0 fully saturated rings. The summed E-state index contributed by atoms with van der Waals surface area (Å²) < 4.78 is 0. The van der Waals surface area contributed by atoms with Crippen LogP contribution in [0.5, 0.6) is 0 Å². The van der Waals surface area contributed by atoms with E-state index in [1.165, 1.54) is 12.3 Å². The number of hydrogen-bond acceptors (Lipinski definition) is 3. The molecule has 0 bridgehead atoms. The van der Waals surface area contributed by atoms with Gasteiger partial charge in [0.25, 0.3) is 5.56 Å². The van der Waals surface area contributed by atoms with Crippen LogP contribution in [-0.2, 0) is 0 Å². The summed E-state index contributed by atoms with van der Waals surface area (Å²) in [5.74, 6) is 0.150. The van der Waals surface area contributed by atoms with E-state index in [2.05, 4.69) is 23.1 Å². The number of rotatable bonds is 0. The molecule has 0 saturated heterocycles. The van der Waals surface area contributed by atoms with Crippen molar-refractivity contribution in [2.75, 3.05) is 5.73 Å². The Morgan fingerprint density at radius 3 is 2.50 bits per heavy atom. The maximum Gasteiger partial charge on any atom is 0.252 e. The van der Waals surface area contributed by atoms with Crippen LogP contribution in [0, 0.1) is 0 Å². The van der Waals surface area contributed by atoms with Crippen molar-refractivity contribution in [3.63, 3.8) is 0 Å². The van der Waals surface area contributed by atoms with E-state index in [1.807, 2.05) is 0 Å². The van der Waals surface area contributed by atoms with Gasteiger partial charge in [-0.15, -0.1) is 13.2 Å². The molecule has 1 aromatic rings. The smallest absolute Gasteiger partial charge is 0.252 e. The average Bonchev–Trinajstić information content (AvgIpc) is 1.91. The van der Waals surface area contributed by atoms with Gasteiger partial charge in [0.1, 0.15) is 0 Å². The number of nitrogens with two attached hydrogens (primary N) is 1. The fourth-order valence-corrected chi connectivity index (χ4v) is 0.385. The number of nitrogens with zero attached hydrogens (tertiary/aromatic N) is 1. The Balaban J connectivity index is 0.000000371. The molecule has 0 aliphatic rings. The van der Waals surface area contributed by atoms with Crippen LogP contribution in [0.1, 0.15) is 0 Å². The van der Waals surface area contributed by atoms with Gasteiger partial charge < -0.3 is 5.73 Å². The van der Waals surface area contributed by atoms with Crippen LogP contribution in [0.4, 0.5) is 5.95 Å². The molecule has 0 aliphatic carbocycles. The van der Waals surface area contributed by atoms with E-state index >= 15 is 0 Å². The number of aromatic amines is 1. The van der Waals surface area contributed by atoms with Gasteiger partial charge in [-0.3, -0.25) is 9.78 Å². The zero-order valence-corrected chi connectivity index (χ0v) is 5.50. The van der Waals surface area contributed by atoms with Crippen molar-refractivity contribution < 1.29 is 0 Å². The SMILES string of the molecule is C=C.Nc1nccc(=O)[nH]1. The van der Waals surface area contributed by atoms with Crippen molar-refractivity contribution >= 4 is 5.95 Å². The summed E-state index contributed by atoms with van der Waals surface area (Å²) in [5, 5.41) is 0. The standard InChI is InChI=1S/C4H5N3O.C2H4/c5-4-6-2-1-3(8)7-4;1-2/h1-2H,(H3,5,6,7,8);1-2H2. The summed E-state index contributed by atoms with van der Waals surface area (Å²) >= 11 is 0. The highest BCUT2D eigenvalue weighted by Crippen LogP contribution is 1.76. The number of H-pyrrole nitrogens is 1. The molecule has 0 saturated carbocycles. The second kappa shape index (κ2) is 4.31. The number of nitrogens with one attached hydrogen (secondary N) is 1. The predicted octanol–water partition coefficient (Wildman–Crippen LogP) is 0.154. The molecule has 0 unspecified atom stereocenters. The van der Waals surface area contributed by atoms with Crippen molar-refractivity contribution in [3.8, 4) is 0 Å². The lowest BCUT2D eigenvalue weighted by Gasteiger charge is -1.84. The van der Waals surface area contributed by atoms with Crippen LogP contribution in [0.25, 0.3) is 0 Å². The largest absolute Gasteiger partial charge is 0.369 e. The molecule has 0 aromatic carbocycles. The van der Waals surface area contributed by atoms with Crippen molar-refractivity contribution in [2.24, 2.45) is 0 Å². The zero-order valence-electron chi connectivity index (χ0n) is 5.50. The first-order valence-corrected chi connectivity index (χ1v) is 2.60. The van der Waals surface area contributed by atoms with Crippen LogP contribution in [0.2, 0.25) is 0 Å². The van der Waals surface area contributed by atoms with Gasteiger partial charge in [0.05, 0.1) is 0 Å². The van der Waals surface area contributed by atoms with Crippen LogP contribution in [0.15, 0.2) is 30.2 Å². The lowest BCUT2D eigenvalue weighted by molar-refractivity contribution is 1.14. The molecule has 0 atom stereocenters. The molecular formula is C6H9N3O. The first-order chi connectivity index (χ1) is 4.79.